The lowest BCUT2D eigenvalue weighted by molar-refractivity contribution is -0.142. The second kappa shape index (κ2) is 9.78. The molecule has 0 fully saturated rings. The summed E-state index contributed by atoms with van der Waals surface area (Å²) in [6.45, 7) is 5.39. The Hall–Kier alpha value is -3.79. The largest absolute Gasteiger partial charge is 0.480 e. The molecule has 2 atom stereocenters. The van der Waals surface area contributed by atoms with Gasteiger partial charge in [0.25, 0.3) is 0 Å². The van der Waals surface area contributed by atoms with Crippen LogP contribution in [0.15, 0.2) is 48.5 Å². The molecular weight excluding hydrogens is 420 g/mol. The maximum Gasteiger partial charge on any atom is 0.407 e. The zero-order valence-corrected chi connectivity index (χ0v) is 18.9. The molecule has 0 spiro atoms. The number of alkyl carbamates (subject to hydrolysis) is 1. The van der Waals surface area contributed by atoms with E-state index >= 15 is 0 Å². The van der Waals surface area contributed by atoms with Crippen LogP contribution in [0.3, 0.4) is 0 Å². The van der Waals surface area contributed by atoms with Crippen molar-refractivity contribution in [1.29, 1.82) is 0 Å². The summed E-state index contributed by atoms with van der Waals surface area (Å²) >= 11 is 0. The molecule has 2 amide bonds. The number of aliphatic carboxylic acids is 1. The van der Waals surface area contributed by atoms with Crippen LogP contribution in [0.4, 0.5) is 4.79 Å². The smallest absolute Gasteiger partial charge is 0.407 e. The van der Waals surface area contributed by atoms with Gasteiger partial charge in [0.2, 0.25) is 5.91 Å². The first-order valence-electron chi connectivity index (χ1n) is 10.7. The fourth-order valence-electron chi connectivity index (χ4n) is 4.01. The van der Waals surface area contributed by atoms with Gasteiger partial charge in [-0.1, -0.05) is 69.3 Å². The van der Waals surface area contributed by atoms with Gasteiger partial charge in [-0.15, -0.1) is 12.3 Å². The molecule has 33 heavy (non-hydrogen) atoms. The van der Waals surface area contributed by atoms with Crippen LogP contribution in [-0.2, 0) is 14.3 Å². The van der Waals surface area contributed by atoms with Gasteiger partial charge in [-0.3, -0.25) is 4.79 Å². The Morgan fingerprint density at radius 2 is 1.58 bits per heavy atom. The van der Waals surface area contributed by atoms with Crippen molar-refractivity contribution in [2.24, 2.45) is 5.41 Å². The number of carbonyl (C=O) groups is 3. The number of amides is 2. The Morgan fingerprint density at radius 1 is 1.03 bits per heavy atom. The van der Waals surface area contributed by atoms with E-state index in [9.17, 15) is 19.5 Å². The van der Waals surface area contributed by atoms with Crippen molar-refractivity contribution in [3.05, 3.63) is 59.7 Å². The summed E-state index contributed by atoms with van der Waals surface area (Å²) in [6.07, 6.45) is 4.28. The zero-order chi connectivity index (χ0) is 24.2. The fraction of sp³-hybridized carbons (Fsp3) is 0.346. The number of carboxylic acid groups (broad SMARTS) is 1. The van der Waals surface area contributed by atoms with Crippen molar-refractivity contribution in [2.75, 3.05) is 6.61 Å². The minimum atomic E-state index is -1.24. The number of carboxylic acids is 1. The molecule has 3 N–H and O–H groups in total. The monoisotopic (exact) mass is 448 g/mol. The van der Waals surface area contributed by atoms with Gasteiger partial charge in [-0.05, 0) is 27.7 Å². The second-order valence-corrected chi connectivity index (χ2v) is 9.08. The summed E-state index contributed by atoms with van der Waals surface area (Å²) in [6, 6.07) is 13.7. The topological polar surface area (TPSA) is 105 Å². The van der Waals surface area contributed by atoms with Crippen LogP contribution in [0.25, 0.3) is 11.1 Å². The summed E-state index contributed by atoms with van der Waals surface area (Å²) in [5, 5.41) is 14.3. The molecular formula is C26H28N2O5. The van der Waals surface area contributed by atoms with E-state index in [2.05, 4.69) is 16.6 Å². The second-order valence-electron chi connectivity index (χ2n) is 9.08. The molecule has 0 heterocycles. The molecule has 0 saturated carbocycles. The number of ether oxygens (including phenoxy) is 1. The standard InChI is InChI=1S/C26H28N2O5/c1-5-10-21(24(30)31)27-23(29)22(26(2,3)4)28-25(32)33-15-20-18-13-8-6-11-16(18)17-12-7-9-14-19(17)20/h1,6-9,11-14,20-22H,10,15H2,2-4H3,(H,27,29)(H,28,32)(H,30,31). The summed E-state index contributed by atoms with van der Waals surface area (Å²) in [5.41, 5.74) is 3.68. The number of nitrogens with one attached hydrogen (secondary N) is 2. The summed E-state index contributed by atoms with van der Waals surface area (Å²) in [7, 11) is 0. The van der Waals surface area contributed by atoms with Gasteiger partial charge < -0.3 is 20.5 Å². The average Bonchev–Trinajstić information content (AvgIpc) is 3.08. The van der Waals surface area contributed by atoms with E-state index in [1.165, 1.54) is 0 Å². The number of fused-ring (bicyclic) bond motifs is 3. The van der Waals surface area contributed by atoms with E-state index < -0.39 is 35.5 Å². The molecule has 1 aliphatic carbocycles. The van der Waals surface area contributed by atoms with E-state index in [4.69, 9.17) is 11.2 Å². The van der Waals surface area contributed by atoms with Crippen LogP contribution >= 0.6 is 0 Å². The first kappa shape index (κ1) is 23.9. The third-order valence-electron chi connectivity index (χ3n) is 5.67. The molecule has 7 nitrogen and oxygen atoms in total. The Kier molecular flexibility index (Phi) is 7.07. The van der Waals surface area contributed by atoms with E-state index in [-0.39, 0.29) is 18.9 Å². The highest BCUT2D eigenvalue weighted by Gasteiger charge is 2.36. The van der Waals surface area contributed by atoms with Crippen molar-refractivity contribution in [3.8, 4) is 23.5 Å². The summed E-state index contributed by atoms with van der Waals surface area (Å²) < 4.78 is 5.54. The highest BCUT2D eigenvalue weighted by atomic mass is 16.5. The molecule has 2 unspecified atom stereocenters. The molecule has 2 aromatic carbocycles. The van der Waals surface area contributed by atoms with E-state index in [1.807, 2.05) is 48.5 Å². The Morgan fingerprint density at radius 3 is 2.06 bits per heavy atom. The van der Waals surface area contributed by atoms with Crippen molar-refractivity contribution in [1.82, 2.24) is 10.6 Å². The molecule has 3 rings (SSSR count). The van der Waals surface area contributed by atoms with Crippen LogP contribution < -0.4 is 10.6 Å². The molecule has 1 aliphatic rings. The van der Waals surface area contributed by atoms with Crippen LogP contribution in [0.5, 0.6) is 0 Å². The molecule has 7 heteroatoms. The molecule has 0 aliphatic heterocycles. The van der Waals surface area contributed by atoms with Crippen molar-refractivity contribution >= 4 is 18.0 Å². The molecule has 0 bridgehead atoms. The van der Waals surface area contributed by atoms with Gasteiger partial charge >= 0.3 is 12.1 Å². The number of benzene rings is 2. The first-order chi connectivity index (χ1) is 15.6. The van der Waals surface area contributed by atoms with Gasteiger partial charge in [0.1, 0.15) is 18.7 Å². The lowest BCUT2D eigenvalue weighted by atomic mass is 9.86. The number of hydrogen-bond acceptors (Lipinski definition) is 4. The molecule has 0 aromatic heterocycles. The minimum Gasteiger partial charge on any atom is -0.480 e. The molecule has 2 aromatic rings. The molecule has 0 radical (unpaired) electrons. The number of carbonyl (C=O) groups excluding carboxylic acids is 2. The quantitative estimate of drug-likeness (QED) is 0.562. The molecule has 0 saturated heterocycles. The van der Waals surface area contributed by atoms with E-state index in [0.717, 1.165) is 22.3 Å². The summed E-state index contributed by atoms with van der Waals surface area (Å²) in [5.74, 6) is 0.239. The van der Waals surface area contributed by atoms with Crippen LogP contribution in [0, 0.1) is 17.8 Å². The maximum atomic E-state index is 12.8. The van der Waals surface area contributed by atoms with Crippen LogP contribution in [-0.4, -0.2) is 41.8 Å². The third-order valence-corrected chi connectivity index (χ3v) is 5.67. The minimum absolute atomic E-state index is 0.104. The van der Waals surface area contributed by atoms with Crippen LogP contribution in [0.2, 0.25) is 0 Å². The van der Waals surface area contributed by atoms with Gasteiger partial charge in [-0.25, -0.2) is 9.59 Å². The van der Waals surface area contributed by atoms with Gasteiger partial charge in [0, 0.05) is 12.3 Å². The van der Waals surface area contributed by atoms with Crippen LogP contribution in [0.1, 0.15) is 44.2 Å². The maximum absolute atomic E-state index is 12.8. The number of terminal acetylenes is 1. The number of rotatable bonds is 7. The lowest BCUT2D eigenvalue weighted by Gasteiger charge is -2.31. The van der Waals surface area contributed by atoms with Crippen molar-refractivity contribution < 1.29 is 24.2 Å². The SMILES string of the molecule is C#CCC(NC(=O)C(NC(=O)OCC1c2ccccc2-c2ccccc21)C(C)(C)C)C(=O)O. The van der Waals surface area contributed by atoms with Crippen molar-refractivity contribution in [2.45, 2.75) is 45.2 Å². The van der Waals surface area contributed by atoms with E-state index in [0.29, 0.717) is 0 Å². The van der Waals surface area contributed by atoms with Crippen molar-refractivity contribution in [3.63, 3.8) is 0 Å². The first-order valence-corrected chi connectivity index (χ1v) is 10.7. The predicted octanol–water partition coefficient (Wildman–Crippen LogP) is 3.53. The van der Waals surface area contributed by atoms with E-state index in [1.54, 1.807) is 20.8 Å². The summed E-state index contributed by atoms with van der Waals surface area (Å²) in [4.78, 5) is 36.8. The predicted molar refractivity (Wildman–Crippen MR) is 124 cm³/mol. The van der Waals surface area contributed by atoms with Gasteiger partial charge in [0.15, 0.2) is 0 Å². The highest BCUT2D eigenvalue weighted by Crippen LogP contribution is 2.44. The third kappa shape index (κ3) is 5.35. The Balaban J connectivity index is 1.70. The fourth-order valence-corrected chi connectivity index (χ4v) is 4.01. The Labute approximate surface area is 193 Å². The Bertz CT molecular complexity index is 1050. The zero-order valence-electron chi connectivity index (χ0n) is 18.9. The number of hydrogen-bond donors (Lipinski definition) is 3. The van der Waals surface area contributed by atoms with Gasteiger partial charge in [-0.2, -0.15) is 0 Å². The molecule has 172 valence electrons. The van der Waals surface area contributed by atoms with Gasteiger partial charge in [0.05, 0.1) is 0 Å². The average molecular weight is 449 g/mol. The lowest BCUT2D eigenvalue weighted by Crippen LogP contribution is -2.56. The normalized spacial score (nSPS) is 14.2. The highest BCUT2D eigenvalue weighted by molar-refractivity contribution is 5.90.